The predicted octanol–water partition coefficient (Wildman–Crippen LogP) is -0.102. The fourth-order valence-corrected chi connectivity index (χ4v) is 1.42. The Morgan fingerprint density at radius 1 is 1.19 bits per heavy atom. The molecule has 1 heterocycles. The van der Waals surface area contributed by atoms with E-state index >= 15 is 0 Å². The fourth-order valence-electron chi connectivity index (χ4n) is 1.42. The SMILES string of the molecule is C=CC(=O)OCCC(=O)OCCC(=O)OC1CCOC1=O. The van der Waals surface area contributed by atoms with Crippen molar-refractivity contribution in [3.05, 3.63) is 12.7 Å². The van der Waals surface area contributed by atoms with Crippen molar-refractivity contribution >= 4 is 23.9 Å². The third kappa shape index (κ3) is 6.55. The molecule has 8 nitrogen and oxygen atoms in total. The lowest BCUT2D eigenvalue weighted by Gasteiger charge is -2.08. The molecule has 8 heteroatoms. The molecule has 0 aromatic carbocycles. The summed E-state index contributed by atoms with van der Waals surface area (Å²) in [7, 11) is 0. The topological polar surface area (TPSA) is 105 Å². The van der Waals surface area contributed by atoms with E-state index in [0.29, 0.717) is 6.42 Å². The Hall–Kier alpha value is -2.38. The second-order valence-corrected chi connectivity index (χ2v) is 4.03. The van der Waals surface area contributed by atoms with Gasteiger partial charge >= 0.3 is 23.9 Å². The standard InChI is InChI=1S/C13H16O8/c1-2-10(14)18-7-4-11(15)19-8-5-12(16)21-9-3-6-20-13(9)17/h2,9H,1,3-8H2. The van der Waals surface area contributed by atoms with Gasteiger partial charge in [0.15, 0.2) is 0 Å². The first-order chi connectivity index (χ1) is 10.0. The van der Waals surface area contributed by atoms with Crippen molar-refractivity contribution in [1.29, 1.82) is 0 Å². The van der Waals surface area contributed by atoms with Crippen LogP contribution in [0.25, 0.3) is 0 Å². The molecule has 0 amide bonds. The van der Waals surface area contributed by atoms with E-state index in [1.165, 1.54) is 0 Å². The highest BCUT2D eigenvalue weighted by atomic mass is 16.6. The van der Waals surface area contributed by atoms with Crippen molar-refractivity contribution in [2.75, 3.05) is 19.8 Å². The van der Waals surface area contributed by atoms with E-state index in [9.17, 15) is 19.2 Å². The minimum absolute atomic E-state index is 0.121. The van der Waals surface area contributed by atoms with Gasteiger partial charge in [0.05, 0.1) is 19.4 Å². The first-order valence-corrected chi connectivity index (χ1v) is 6.34. The van der Waals surface area contributed by atoms with Crippen LogP contribution in [0.4, 0.5) is 0 Å². The van der Waals surface area contributed by atoms with Gasteiger partial charge in [-0.1, -0.05) is 6.58 Å². The van der Waals surface area contributed by atoms with Gasteiger partial charge in [-0.3, -0.25) is 9.59 Å². The van der Waals surface area contributed by atoms with Crippen LogP contribution in [-0.4, -0.2) is 49.8 Å². The highest BCUT2D eigenvalue weighted by Crippen LogP contribution is 2.11. The Morgan fingerprint density at radius 3 is 2.48 bits per heavy atom. The number of hydrogen-bond acceptors (Lipinski definition) is 8. The Kier molecular flexibility index (Phi) is 6.93. The molecule has 0 aromatic heterocycles. The fraction of sp³-hybridized carbons (Fsp3) is 0.538. The number of cyclic esters (lactones) is 1. The third-order valence-corrected chi connectivity index (χ3v) is 2.45. The average Bonchev–Trinajstić information content (AvgIpc) is 2.84. The molecule has 1 aliphatic heterocycles. The van der Waals surface area contributed by atoms with Crippen LogP contribution in [0.15, 0.2) is 12.7 Å². The van der Waals surface area contributed by atoms with Crippen LogP contribution in [0.3, 0.4) is 0 Å². The Balaban J connectivity index is 2.08. The van der Waals surface area contributed by atoms with Gasteiger partial charge in [-0.15, -0.1) is 0 Å². The first-order valence-electron chi connectivity index (χ1n) is 6.34. The van der Waals surface area contributed by atoms with Crippen LogP contribution in [0.1, 0.15) is 19.3 Å². The molecule has 0 radical (unpaired) electrons. The van der Waals surface area contributed by atoms with E-state index in [4.69, 9.17) is 9.47 Å². The molecule has 0 aromatic rings. The molecule has 0 aliphatic carbocycles. The van der Waals surface area contributed by atoms with E-state index in [1.54, 1.807) is 0 Å². The van der Waals surface area contributed by atoms with Crippen molar-refractivity contribution < 1.29 is 38.1 Å². The quantitative estimate of drug-likeness (QED) is 0.347. The molecule has 1 unspecified atom stereocenters. The summed E-state index contributed by atoms with van der Waals surface area (Å²) in [6.45, 7) is 3.14. The van der Waals surface area contributed by atoms with E-state index < -0.39 is 30.0 Å². The molecule has 1 atom stereocenters. The molecule has 0 saturated carbocycles. The number of carbonyl (C=O) groups is 4. The van der Waals surface area contributed by atoms with Crippen LogP contribution in [0.5, 0.6) is 0 Å². The monoisotopic (exact) mass is 300 g/mol. The molecule has 0 spiro atoms. The minimum atomic E-state index is -0.869. The Morgan fingerprint density at radius 2 is 1.86 bits per heavy atom. The minimum Gasteiger partial charge on any atom is -0.465 e. The van der Waals surface area contributed by atoms with Gasteiger partial charge in [0.2, 0.25) is 6.10 Å². The largest absolute Gasteiger partial charge is 0.465 e. The summed E-state index contributed by atoms with van der Waals surface area (Å²) in [5, 5.41) is 0. The second kappa shape index (κ2) is 8.72. The maximum Gasteiger partial charge on any atom is 0.347 e. The number of hydrogen-bond donors (Lipinski definition) is 0. The molecule has 1 saturated heterocycles. The molecule has 1 rings (SSSR count). The third-order valence-electron chi connectivity index (χ3n) is 2.45. The van der Waals surface area contributed by atoms with Crippen molar-refractivity contribution in [3.8, 4) is 0 Å². The van der Waals surface area contributed by atoms with Crippen LogP contribution in [0, 0.1) is 0 Å². The number of rotatable bonds is 8. The summed E-state index contributed by atoms with van der Waals surface area (Å²) >= 11 is 0. The van der Waals surface area contributed by atoms with Crippen LogP contribution < -0.4 is 0 Å². The van der Waals surface area contributed by atoms with Crippen LogP contribution in [0.2, 0.25) is 0 Å². The summed E-state index contributed by atoms with van der Waals surface area (Å²) < 4.78 is 18.8. The molecular weight excluding hydrogens is 284 g/mol. The lowest BCUT2D eigenvalue weighted by Crippen LogP contribution is -2.23. The maximum absolute atomic E-state index is 11.4. The number of carbonyl (C=O) groups excluding carboxylic acids is 4. The van der Waals surface area contributed by atoms with Crippen molar-refractivity contribution in [1.82, 2.24) is 0 Å². The zero-order valence-corrected chi connectivity index (χ0v) is 11.4. The molecule has 21 heavy (non-hydrogen) atoms. The van der Waals surface area contributed by atoms with Gasteiger partial charge in [-0.05, 0) is 0 Å². The Labute approximate surface area is 121 Å². The van der Waals surface area contributed by atoms with Crippen molar-refractivity contribution in [2.45, 2.75) is 25.4 Å². The first kappa shape index (κ1) is 16.7. The van der Waals surface area contributed by atoms with Gasteiger partial charge in [0, 0.05) is 12.5 Å². The highest BCUT2D eigenvalue weighted by molar-refractivity contribution is 5.81. The predicted molar refractivity (Wildman–Crippen MR) is 66.8 cm³/mol. The molecule has 1 fully saturated rings. The maximum atomic E-state index is 11.4. The normalized spacial score (nSPS) is 16.8. The van der Waals surface area contributed by atoms with Crippen molar-refractivity contribution in [2.24, 2.45) is 0 Å². The van der Waals surface area contributed by atoms with Gasteiger partial charge < -0.3 is 18.9 Å². The molecule has 1 aliphatic rings. The number of ether oxygens (including phenoxy) is 4. The van der Waals surface area contributed by atoms with Crippen LogP contribution in [-0.2, 0) is 38.1 Å². The van der Waals surface area contributed by atoms with Crippen LogP contribution >= 0.6 is 0 Å². The number of esters is 4. The lowest BCUT2D eigenvalue weighted by molar-refractivity contribution is -0.162. The van der Waals surface area contributed by atoms with E-state index in [2.05, 4.69) is 16.1 Å². The second-order valence-electron chi connectivity index (χ2n) is 4.03. The zero-order valence-electron chi connectivity index (χ0n) is 11.4. The van der Waals surface area contributed by atoms with Gasteiger partial charge in [0.25, 0.3) is 0 Å². The smallest absolute Gasteiger partial charge is 0.347 e. The molecule has 116 valence electrons. The van der Waals surface area contributed by atoms with Crippen molar-refractivity contribution in [3.63, 3.8) is 0 Å². The molecule has 0 bridgehead atoms. The van der Waals surface area contributed by atoms with E-state index in [-0.39, 0.29) is 32.7 Å². The zero-order chi connectivity index (χ0) is 15.7. The summed E-state index contributed by atoms with van der Waals surface area (Å²) in [6.07, 6.45) is 0.159. The van der Waals surface area contributed by atoms with E-state index in [0.717, 1.165) is 6.08 Å². The molecular formula is C13H16O8. The Bertz CT molecular complexity index is 428. The van der Waals surface area contributed by atoms with E-state index in [1.807, 2.05) is 0 Å². The summed E-state index contributed by atoms with van der Waals surface area (Å²) in [4.78, 5) is 44.3. The summed E-state index contributed by atoms with van der Waals surface area (Å²) in [5.41, 5.74) is 0. The van der Waals surface area contributed by atoms with Gasteiger partial charge in [0.1, 0.15) is 13.2 Å². The molecule has 0 N–H and O–H groups in total. The van der Waals surface area contributed by atoms with Gasteiger partial charge in [-0.25, -0.2) is 9.59 Å². The lowest BCUT2D eigenvalue weighted by atomic mass is 10.3. The van der Waals surface area contributed by atoms with Gasteiger partial charge in [-0.2, -0.15) is 0 Å². The average molecular weight is 300 g/mol. The highest BCUT2D eigenvalue weighted by Gasteiger charge is 2.29. The summed E-state index contributed by atoms with van der Waals surface area (Å²) in [6, 6.07) is 0. The summed E-state index contributed by atoms with van der Waals surface area (Å²) in [5.74, 6) is -2.45.